The van der Waals surface area contributed by atoms with Crippen LogP contribution in [0.25, 0.3) is 0 Å². The molecule has 2 fully saturated rings. The van der Waals surface area contributed by atoms with Crippen LogP contribution in [0.4, 0.5) is 0 Å². The van der Waals surface area contributed by atoms with Crippen LogP contribution in [0.2, 0.25) is 5.02 Å². The monoisotopic (exact) mass is 571 g/mol. The standard InChI is InChI=1S/C29H38ClN5O5/c1-17(2)28-32-24(33-40-28)16-39-23-11-10-21(30)20-12-14-35(22(26(20)23)15-34-13-6-9-25(34)36)29(38)19-8-5-4-7-18(19)27(37)31-3/h10-11,17-19,22H,4-9,12-16H2,1-3H3,(H,31,37)/t18?,19?,22-/m1/s1. The zero-order valence-corrected chi connectivity index (χ0v) is 24.2. The van der Waals surface area contributed by atoms with Gasteiger partial charge in [-0.25, -0.2) is 0 Å². The average molecular weight is 572 g/mol. The van der Waals surface area contributed by atoms with Gasteiger partial charge in [0.25, 0.3) is 0 Å². The van der Waals surface area contributed by atoms with Gasteiger partial charge in [0.2, 0.25) is 29.4 Å². The van der Waals surface area contributed by atoms with Crippen LogP contribution < -0.4 is 10.1 Å². The second-order valence-corrected chi connectivity index (χ2v) is 11.7. The SMILES string of the molecule is CNC(=O)C1CCCCC1C(=O)N1CCc2c(Cl)ccc(OCc3noc(C(C)C)n3)c2[C@H]1CN1CCCC1=O. The fourth-order valence-corrected chi connectivity index (χ4v) is 6.57. The van der Waals surface area contributed by atoms with Crippen LogP contribution in [-0.2, 0) is 27.4 Å². The average Bonchev–Trinajstić information content (AvgIpc) is 3.61. The number of ether oxygens (including phenoxy) is 1. The lowest BCUT2D eigenvalue weighted by molar-refractivity contribution is -0.147. The maximum Gasteiger partial charge on any atom is 0.229 e. The highest BCUT2D eigenvalue weighted by Gasteiger charge is 2.43. The Bertz CT molecular complexity index is 1260. The summed E-state index contributed by atoms with van der Waals surface area (Å²) in [5.74, 6) is 0.847. The molecule has 1 aromatic heterocycles. The molecule has 2 aromatic rings. The molecule has 11 heteroatoms. The number of nitrogens with zero attached hydrogens (tertiary/aromatic N) is 4. The number of aromatic nitrogens is 2. The Morgan fingerprint density at radius 2 is 1.93 bits per heavy atom. The van der Waals surface area contributed by atoms with Crippen LogP contribution in [0.3, 0.4) is 0 Å². The molecule has 5 rings (SSSR count). The van der Waals surface area contributed by atoms with E-state index < -0.39 is 12.0 Å². The first-order chi connectivity index (χ1) is 19.3. The van der Waals surface area contributed by atoms with E-state index in [1.807, 2.05) is 35.8 Å². The minimum atomic E-state index is -0.448. The summed E-state index contributed by atoms with van der Waals surface area (Å²) in [6.07, 6.45) is 5.06. The quantitative estimate of drug-likeness (QED) is 0.508. The lowest BCUT2D eigenvalue weighted by atomic mass is 9.77. The van der Waals surface area contributed by atoms with Gasteiger partial charge in [-0.15, -0.1) is 0 Å². The van der Waals surface area contributed by atoms with Crippen molar-refractivity contribution in [2.75, 3.05) is 26.7 Å². The van der Waals surface area contributed by atoms with Crippen LogP contribution in [-0.4, -0.2) is 64.3 Å². The topological polar surface area (TPSA) is 118 Å². The number of amides is 3. The number of fused-ring (bicyclic) bond motifs is 1. The molecular formula is C29H38ClN5O5. The molecule has 3 amide bonds. The molecule has 0 bridgehead atoms. The number of halogens is 1. The van der Waals surface area contributed by atoms with E-state index in [2.05, 4.69) is 15.5 Å². The molecule has 10 nitrogen and oxygen atoms in total. The molecule has 3 aliphatic rings. The van der Waals surface area contributed by atoms with Crippen LogP contribution in [0.1, 0.15) is 87.2 Å². The van der Waals surface area contributed by atoms with Crippen molar-refractivity contribution in [3.63, 3.8) is 0 Å². The molecule has 216 valence electrons. The minimum absolute atomic E-state index is 0.0405. The van der Waals surface area contributed by atoms with Crippen molar-refractivity contribution in [3.8, 4) is 5.75 Å². The summed E-state index contributed by atoms with van der Waals surface area (Å²) in [5.41, 5.74) is 1.73. The Hall–Kier alpha value is -3.14. The minimum Gasteiger partial charge on any atom is -0.485 e. The first-order valence-electron chi connectivity index (χ1n) is 14.3. The Morgan fingerprint density at radius 1 is 1.15 bits per heavy atom. The van der Waals surface area contributed by atoms with Gasteiger partial charge in [-0.05, 0) is 43.4 Å². The van der Waals surface area contributed by atoms with E-state index in [0.29, 0.717) is 67.8 Å². The van der Waals surface area contributed by atoms with E-state index >= 15 is 0 Å². The highest BCUT2D eigenvalue weighted by atomic mass is 35.5. The number of benzene rings is 1. The molecule has 40 heavy (non-hydrogen) atoms. The van der Waals surface area contributed by atoms with E-state index in [4.69, 9.17) is 20.9 Å². The molecule has 1 aliphatic carbocycles. The van der Waals surface area contributed by atoms with Gasteiger partial charge in [0.15, 0.2) is 6.61 Å². The maximum atomic E-state index is 14.2. The van der Waals surface area contributed by atoms with E-state index in [9.17, 15) is 14.4 Å². The predicted molar refractivity (Wildman–Crippen MR) is 148 cm³/mol. The van der Waals surface area contributed by atoms with Crippen molar-refractivity contribution >= 4 is 29.3 Å². The number of hydrogen-bond acceptors (Lipinski definition) is 7. The van der Waals surface area contributed by atoms with E-state index in [0.717, 1.165) is 30.4 Å². The van der Waals surface area contributed by atoms with Gasteiger partial charge in [-0.3, -0.25) is 14.4 Å². The fourth-order valence-electron chi connectivity index (χ4n) is 6.31. The van der Waals surface area contributed by atoms with Crippen molar-refractivity contribution in [1.29, 1.82) is 0 Å². The molecule has 1 saturated carbocycles. The molecular weight excluding hydrogens is 534 g/mol. The highest BCUT2D eigenvalue weighted by Crippen LogP contribution is 2.43. The third-order valence-corrected chi connectivity index (χ3v) is 8.77. The lowest BCUT2D eigenvalue weighted by Crippen LogP contribution is -2.50. The zero-order chi connectivity index (χ0) is 28.4. The Kier molecular flexibility index (Phi) is 8.63. The molecule has 1 saturated heterocycles. The summed E-state index contributed by atoms with van der Waals surface area (Å²) in [7, 11) is 1.62. The predicted octanol–water partition coefficient (Wildman–Crippen LogP) is 4.03. The molecule has 0 radical (unpaired) electrons. The summed E-state index contributed by atoms with van der Waals surface area (Å²) in [6.45, 7) is 5.51. The van der Waals surface area contributed by atoms with Crippen molar-refractivity contribution in [1.82, 2.24) is 25.3 Å². The zero-order valence-electron chi connectivity index (χ0n) is 23.5. The summed E-state index contributed by atoms with van der Waals surface area (Å²) in [6, 6.07) is 3.17. The molecule has 2 aliphatic heterocycles. The molecule has 2 unspecified atom stereocenters. The number of carbonyl (C=O) groups is 3. The van der Waals surface area contributed by atoms with Crippen molar-refractivity contribution in [2.45, 2.75) is 77.4 Å². The first kappa shape index (κ1) is 28.4. The smallest absolute Gasteiger partial charge is 0.229 e. The van der Waals surface area contributed by atoms with Crippen molar-refractivity contribution in [3.05, 3.63) is 40.0 Å². The number of likely N-dealkylation sites (tertiary alicyclic amines) is 1. The van der Waals surface area contributed by atoms with Crippen LogP contribution in [0, 0.1) is 11.8 Å². The van der Waals surface area contributed by atoms with Crippen molar-refractivity contribution in [2.24, 2.45) is 11.8 Å². The molecule has 3 heterocycles. The van der Waals surface area contributed by atoms with E-state index in [1.54, 1.807) is 7.05 Å². The van der Waals surface area contributed by atoms with Gasteiger partial charge >= 0.3 is 0 Å². The summed E-state index contributed by atoms with van der Waals surface area (Å²) in [5, 5.41) is 7.40. The van der Waals surface area contributed by atoms with Crippen LogP contribution in [0.15, 0.2) is 16.7 Å². The van der Waals surface area contributed by atoms with Crippen LogP contribution >= 0.6 is 11.6 Å². The third-order valence-electron chi connectivity index (χ3n) is 8.42. The summed E-state index contributed by atoms with van der Waals surface area (Å²) >= 11 is 6.71. The van der Waals surface area contributed by atoms with Gasteiger partial charge < -0.3 is 24.4 Å². The number of carbonyl (C=O) groups excluding carboxylic acids is 3. The number of nitrogens with one attached hydrogen (secondary N) is 1. The Labute approximate surface area is 239 Å². The highest BCUT2D eigenvalue weighted by molar-refractivity contribution is 6.31. The van der Waals surface area contributed by atoms with Gasteiger partial charge in [0.05, 0.1) is 6.04 Å². The second-order valence-electron chi connectivity index (χ2n) is 11.3. The van der Waals surface area contributed by atoms with Gasteiger partial charge in [-0.1, -0.05) is 43.4 Å². The lowest BCUT2D eigenvalue weighted by Gasteiger charge is -2.43. The second kappa shape index (κ2) is 12.2. The maximum absolute atomic E-state index is 14.2. The summed E-state index contributed by atoms with van der Waals surface area (Å²) < 4.78 is 11.6. The molecule has 1 N–H and O–H groups in total. The Morgan fingerprint density at radius 3 is 2.60 bits per heavy atom. The largest absolute Gasteiger partial charge is 0.485 e. The molecule has 3 atom stereocenters. The molecule has 1 aromatic carbocycles. The van der Waals surface area contributed by atoms with Gasteiger partial charge in [0.1, 0.15) is 5.75 Å². The fraction of sp³-hybridized carbons (Fsp3) is 0.621. The normalized spacial score (nSPS) is 22.9. The van der Waals surface area contributed by atoms with E-state index in [1.165, 1.54) is 0 Å². The molecule has 0 spiro atoms. The number of hydrogen-bond donors (Lipinski definition) is 1. The van der Waals surface area contributed by atoms with E-state index in [-0.39, 0.29) is 36.2 Å². The van der Waals surface area contributed by atoms with Gasteiger partial charge in [0, 0.05) is 61.4 Å². The number of rotatable bonds is 8. The van der Waals surface area contributed by atoms with Crippen molar-refractivity contribution < 1.29 is 23.6 Å². The Balaban J connectivity index is 1.49. The summed E-state index contributed by atoms with van der Waals surface area (Å²) in [4.78, 5) is 47.8. The first-order valence-corrected chi connectivity index (χ1v) is 14.7. The van der Waals surface area contributed by atoms with Crippen LogP contribution in [0.5, 0.6) is 5.75 Å². The third kappa shape index (κ3) is 5.68. The van der Waals surface area contributed by atoms with Gasteiger partial charge in [-0.2, -0.15) is 4.98 Å².